The first-order valence-electron chi connectivity index (χ1n) is 5.64. The molecule has 1 heterocycles. The number of carbonyl (C=O) groups is 1. The molecule has 0 spiro atoms. The van der Waals surface area contributed by atoms with Gasteiger partial charge in [-0.2, -0.15) is 0 Å². The van der Waals surface area contributed by atoms with Gasteiger partial charge in [-0.1, -0.05) is 6.92 Å². The number of hydrogen-bond donors (Lipinski definition) is 0. The van der Waals surface area contributed by atoms with Crippen LogP contribution in [0.3, 0.4) is 0 Å². The Kier molecular flexibility index (Phi) is 5.12. The Morgan fingerprint density at radius 2 is 1.71 bits per heavy atom. The van der Waals surface area contributed by atoms with Crippen LogP contribution in [0.4, 0.5) is 0 Å². The summed E-state index contributed by atoms with van der Waals surface area (Å²) in [5.74, 6) is 0. The zero-order valence-corrected chi connectivity index (χ0v) is 9.41. The minimum absolute atomic E-state index is 0.639. The fourth-order valence-electron chi connectivity index (χ4n) is 1.63. The maximum atomic E-state index is 9.17. The van der Waals surface area contributed by atoms with E-state index < -0.39 is 0 Å². The van der Waals surface area contributed by atoms with Gasteiger partial charge in [0.25, 0.3) is 0 Å². The van der Waals surface area contributed by atoms with E-state index in [0.717, 1.165) is 12.3 Å². The fraction of sp³-hybridized carbons (Fsp3) is 0.909. The molecule has 2 rings (SSSR count). The number of likely N-dealkylation sites (N-methyl/N-ethyl adjacent to an activating group) is 1. The molecule has 1 saturated carbocycles. The Hall–Kier alpha value is -0.410. The standard InChI is InChI=1S/C8H16N2.C3H6O/c1-9-4-6-10(7-5-9)8-2-3-8;1-2-3-4/h8H,2-7H2,1H3;3H,2H2,1H3. The van der Waals surface area contributed by atoms with Crippen LogP contribution in [0.25, 0.3) is 0 Å². The third-order valence-corrected chi connectivity index (χ3v) is 2.77. The van der Waals surface area contributed by atoms with Crippen LogP contribution in [0, 0.1) is 0 Å². The summed E-state index contributed by atoms with van der Waals surface area (Å²) in [6.45, 7) is 6.97. The Balaban J connectivity index is 0.000000213. The molecule has 1 aliphatic carbocycles. The first-order chi connectivity index (χ1) is 6.77. The number of piperazine rings is 1. The molecule has 0 aromatic rings. The zero-order valence-electron chi connectivity index (χ0n) is 9.41. The van der Waals surface area contributed by atoms with Crippen LogP contribution in [0.5, 0.6) is 0 Å². The minimum atomic E-state index is 0.639. The van der Waals surface area contributed by atoms with E-state index in [1.807, 2.05) is 6.92 Å². The van der Waals surface area contributed by atoms with Crippen LogP contribution in [0.1, 0.15) is 26.2 Å². The molecule has 1 aliphatic heterocycles. The lowest BCUT2D eigenvalue weighted by atomic mass is 10.3. The number of nitrogens with zero attached hydrogens (tertiary/aromatic N) is 2. The van der Waals surface area contributed by atoms with Gasteiger partial charge in [0.1, 0.15) is 6.29 Å². The fourth-order valence-corrected chi connectivity index (χ4v) is 1.63. The van der Waals surface area contributed by atoms with E-state index >= 15 is 0 Å². The Labute approximate surface area is 87.1 Å². The van der Waals surface area contributed by atoms with E-state index in [9.17, 15) is 4.79 Å². The number of rotatable bonds is 2. The third-order valence-electron chi connectivity index (χ3n) is 2.77. The highest BCUT2D eigenvalue weighted by Crippen LogP contribution is 2.27. The van der Waals surface area contributed by atoms with Gasteiger partial charge in [-0.05, 0) is 19.9 Å². The lowest BCUT2D eigenvalue weighted by molar-refractivity contribution is -0.107. The predicted molar refractivity (Wildman–Crippen MR) is 58.4 cm³/mol. The van der Waals surface area contributed by atoms with Crippen LogP contribution < -0.4 is 0 Å². The van der Waals surface area contributed by atoms with Crippen LogP contribution in [0.15, 0.2) is 0 Å². The quantitative estimate of drug-likeness (QED) is 0.618. The second-order valence-corrected chi connectivity index (χ2v) is 4.15. The van der Waals surface area contributed by atoms with Gasteiger partial charge in [-0.25, -0.2) is 0 Å². The van der Waals surface area contributed by atoms with Crippen LogP contribution in [0.2, 0.25) is 0 Å². The molecule has 1 saturated heterocycles. The molecule has 0 bridgehead atoms. The normalized spacial score (nSPS) is 23.9. The van der Waals surface area contributed by atoms with Gasteiger partial charge < -0.3 is 9.69 Å². The monoisotopic (exact) mass is 198 g/mol. The lowest BCUT2D eigenvalue weighted by Crippen LogP contribution is -2.45. The summed E-state index contributed by atoms with van der Waals surface area (Å²) >= 11 is 0. The average molecular weight is 198 g/mol. The second-order valence-electron chi connectivity index (χ2n) is 4.15. The Bertz CT molecular complexity index is 161. The van der Waals surface area contributed by atoms with Crippen LogP contribution in [-0.4, -0.2) is 55.4 Å². The van der Waals surface area contributed by atoms with Crippen LogP contribution >= 0.6 is 0 Å². The summed E-state index contributed by atoms with van der Waals surface area (Å²) in [5, 5.41) is 0. The summed E-state index contributed by atoms with van der Waals surface area (Å²) in [6.07, 6.45) is 4.44. The van der Waals surface area contributed by atoms with Gasteiger partial charge in [0, 0.05) is 38.6 Å². The maximum Gasteiger partial charge on any atom is 0.119 e. The second kappa shape index (κ2) is 6.14. The smallest absolute Gasteiger partial charge is 0.119 e. The molecule has 14 heavy (non-hydrogen) atoms. The SMILES string of the molecule is CCC=O.CN1CCN(C2CC2)CC1. The van der Waals surface area contributed by atoms with E-state index in [-0.39, 0.29) is 0 Å². The van der Waals surface area contributed by atoms with Crippen molar-refractivity contribution in [3.8, 4) is 0 Å². The molecule has 0 aromatic heterocycles. The van der Waals surface area contributed by atoms with Gasteiger partial charge in [0.15, 0.2) is 0 Å². The minimum Gasteiger partial charge on any atom is -0.304 e. The molecule has 0 radical (unpaired) electrons. The van der Waals surface area contributed by atoms with Gasteiger partial charge >= 0.3 is 0 Å². The van der Waals surface area contributed by atoms with Crippen molar-refractivity contribution in [3.05, 3.63) is 0 Å². The maximum absolute atomic E-state index is 9.17. The van der Waals surface area contributed by atoms with Gasteiger partial charge in [-0.3, -0.25) is 4.90 Å². The van der Waals surface area contributed by atoms with Gasteiger partial charge in [-0.15, -0.1) is 0 Å². The third kappa shape index (κ3) is 4.20. The highest BCUT2D eigenvalue weighted by molar-refractivity contribution is 5.48. The highest BCUT2D eigenvalue weighted by Gasteiger charge is 2.30. The number of carbonyl (C=O) groups excluding carboxylic acids is 1. The molecule has 3 heteroatoms. The van der Waals surface area contributed by atoms with Crippen LogP contribution in [-0.2, 0) is 4.79 Å². The molecular weight excluding hydrogens is 176 g/mol. The largest absolute Gasteiger partial charge is 0.304 e. The van der Waals surface area contributed by atoms with Crippen molar-refractivity contribution in [1.29, 1.82) is 0 Å². The lowest BCUT2D eigenvalue weighted by Gasteiger charge is -2.32. The summed E-state index contributed by atoms with van der Waals surface area (Å²) in [4.78, 5) is 14.2. The first kappa shape index (κ1) is 11.7. The van der Waals surface area contributed by atoms with Crippen molar-refractivity contribution in [1.82, 2.24) is 9.80 Å². The molecule has 0 atom stereocenters. The molecule has 0 aromatic carbocycles. The van der Waals surface area contributed by atoms with Crippen molar-refractivity contribution in [2.75, 3.05) is 33.2 Å². The summed E-state index contributed by atoms with van der Waals surface area (Å²) in [6, 6.07) is 0.980. The van der Waals surface area contributed by atoms with Crippen molar-refractivity contribution < 1.29 is 4.79 Å². The average Bonchev–Trinajstić information content (AvgIpc) is 3.03. The van der Waals surface area contributed by atoms with Crippen molar-refractivity contribution in [3.63, 3.8) is 0 Å². The molecule has 2 fully saturated rings. The summed E-state index contributed by atoms with van der Waals surface area (Å²) in [5.41, 5.74) is 0. The summed E-state index contributed by atoms with van der Waals surface area (Å²) in [7, 11) is 2.21. The molecular formula is C11H22N2O. The topological polar surface area (TPSA) is 23.6 Å². The van der Waals surface area contributed by atoms with Crippen molar-refractivity contribution >= 4 is 6.29 Å². The number of aldehydes is 1. The molecule has 0 N–H and O–H groups in total. The highest BCUT2D eigenvalue weighted by atomic mass is 16.1. The molecule has 0 amide bonds. The van der Waals surface area contributed by atoms with Gasteiger partial charge in [0.05, 0.1) is 0 Å². The molecule has 82 valence electrons. The summed E-state index contributed by atoms with van der Waals surface area (Å²) < 4.78 is 0. The van der Waals surface area contributed by atoms with E-state index in [2.05, 4.69) is 16.8 Å². The molecule has 0 unspecified atom stereocenters. The van der Waals surface area contributed by atoms with E-state index in [4.69, 9.17) is 0 Å². The van der Waals surface area contributed by atoms with E-state index in [1.54, 1.807) is 0 Å². The van der Waals surface area contributed by atoms with Crippen molar-refractivity contribution in [2.45, 2.75) is 32.2 Å². The first-order valence-corrected chi connectivity index (χ1v) is 5.64. The van der Waals surface area contributed by atoms with Crippen molar-refractivity contribution in [2.24, 2.45) is 0 Å². The zero-order chi connectivity index (χ0) is 10.4. The molecule has 2 aliphatic rings. The molecule has 3 nitrogen and oxygen atoms in total. The Morgan fingerprint density at radius 1 is 1.21 bits per heavy atom. The Morgan fingerprint density at radius 3 is 2.07 bits per heavy atom. The van der Waals surface area contributed by atoms with E-state index in [1.165, 1.54) is 39.0 Å². The predicted octanol–water partition coefficient (Wildman–Crippen LogP) is 0.991. The van der Waals surface area contributed by atoms with E-state index in [0.29, 0.717) is 6.42 Å². The number of hydrogen-bond acceptors (Lipinski definition) is 3. The van der Waals surface area contributed by atoms with Gasteiger partial charge in [0.2, 0.25) is 0 Å².